The van der Waals surface area contributed by atoms with Gasteiger partial charge in [-0.05, 0) is 64.2 Å². The molecule has 6 heteroatoms. The van der Waals surface area contributed by atoms with Gasteiger partial charge in [0.25, 0.3) is 0 Å². The Kier molecular flexibility index (Phi) is 56.3. The second-order valence-corrected chi connectivity index (χ2v) is 20.2. The summed E-state index contributed by atoms with van der Waals surface area (Å²) in [5, 5.41) is 0. The summed E-state index contributed by atoms with van der Waals surface area (Å²) in [6.45, 7) is 6.45. The normalized spacial score (nSPS) is 12.4. The van der Waals surface area contributed by atoms with E-state index in [-0.39, 0.29) is 31.1 Å². The smallest absolute Gasteiger partial charge is 0.306 e. The van der Waals surface area contributed by atoms with Crippen LogP contribution in [0.4, 0.5) is 0 Å². The zero-order chi connectivity index (χ0) is 50.7. The van der Waals surface area contributed by atoms with Crippen molar-refractivity contribution in [3.8, 4) is 0 Å². The van der Waals surface area contributed by atoms with E-state index in [1.165, 1.54) is 167 Å². The number of hydrogen-bond acceptors (Lipinski definition) is 6. The van der Waals surface area contributed by atoms with Gasteiger partial charge in [0, 0.05) is 19.3 Å². The number of esters is 3. The fourth-order valence-corrected chi connectivity index (χ4v) is 8.77. The summed E-state index contributed by atoms with van der Waals surface area (Å²) < 4.78 is 16.7. The SMILES string of the molecule is CC/C=C\C/C=C\C/C=C\C/C=C\C/C=C\CCCCCC(=O)OC(COC(=O)CCCCCCC)COC(=O)CCCCCCCCCCCCCCCCCCCCCCCCCCCCCC. The first-order valence-electron chi connectivity index (χ1n) is 30.3. The lowest BCUT2D eigenvalue weighted by molar-refractivity contribution is -0.167. The van der Waals surface area contributed by atoms with Crippen molar-refractivity contribution in [2.45, 2.75) is 316 Å². The lowest BCUT2D eigenvalue weighted by Gasteiger charge is -2.18. The fraction of sp³-hybridized carbons (Fsp3) is 0.797. The summed E-state index contributed by atoms with van der Waals surface area (Å²) in [5.41, 5.74) is 0. The minimum Gasteiger partial charge on any atom is -0.462 e. The van der Waals surface area contributed by atoms with Gasteiger partial charge in [-0.2, -0.15) is 0 Å². The average molecular weight is 980 g/mol. The highest BCUT2D eigenvalue weighted by molar-refractivity contribution is 5.71. The molecule has 0 amide bonds. The number of rotatable bonds is 55. The molecule has 0 spiro atoms. The van der Waals surface area contributed by atoms with E-state index in [0.717, 1.165) is 103 Å². The Morgan fingerprint density at radius 2 is 0.557 bits per heavy atom. The third kappa shape index (κ3) is 56.0. The Balaban J connectivity index is 4.03. The van der Waals surface area contributed by atoms with Crippen LogP contribution in [0.1, 0.15) is 310 Å². The zero-order valence-corrected chi connectivity index (χ0v) is 46.5. The van der Waals surface area contributed by atoms with Crippen LogP contribution in [0.2, 0.25) is 0 Å². The van der Waals surface area contributed by atoms with Crippen LogP contribution in [0.3, 0.4) is 0 Å². The Morgan fingerprint density at radius 1 is 0.300 bits per heavy atom. The maximum absolute atomic E-state index is 12.8. The highest BCUT2D eigenvalue weighted by Crippen LogP contribution is 2.17. The van der Waals surface area contributed by atoms with E-state index in [1.807, 2.05) is 0 Å². The van der Waals surface area contributed by atoms with Crippen LogP contribution in [0.15, 0.2) is 60.8 Å². The Labute approximate surface area is 434 Å². The van der Waals surface area contributed by atoms with Crippen molar-refractivity contribution in [3.63, 3.8) is 0 Å². The first-order valence-corrected chi connectivity index (χ1v) is 30.3. The molecule has 1 unspecified atom stereocenters. The van der Waals surface area contributed by atoms with Crippen LogP contribution in [0.25, 0.3) is 0 Å². The molecule has 1 atom stereocenters. The van der Waals surface area contributed by atoms with E-state index >= 15 is 0 Å². The minimum atomic E-state index is -0.787. The Morgan fingerprint density at radius 3 is 0.871 bits per heavy atom. The summed E-state index contributed by atoms with van der Waals surface area (Å²) >= 11 is 0. The molecule has 70 heavy (non-hydrogen) atoms. The molecule has 0 aromatic carbocycles. The number of carbonyl (C=O) groups excluding carboxylic acids is 3. The molecule has 406 valence electrons. The summed E-state index contributed by atoms with van der Waals surface area (Å²) in [4.78, 5) is 37.8. The van der Waals surface area contributed by atoms with Gasteiger partial charge in [0.05, 0.1) is 0 Å². The first-order chi connectivity index (χ1) is 34.5. The van der Waals surface area contributed by atoms with E-state index in [1.54, 1.807) is 0 Å². The van der Waals surface area contributed by atoms with Crippen molar-refractivity contribution in [2.24, 2.45) is 0 Å². The maximum Gasteiger partial charge on any atom is 0.306 e. The summed E-state index contributed by atoms with van der Waals surface area (Å²) in [6, 6.07) is 0. The summed E-state index contributed by atoms with van der Waals surface area (Å²) in [7, 11) is 0. The maximum atomic E-state index is 12.8. The van der Waals surface area contributed by atoms with Crippen molar-refractivity contribution < 1.29 is 28.6 Å². The first kappa shape index (κ1) is 67.1. The monoisotopic (exact) mass is 979 g/mol. The predicted molar refractivity (Wildman–Crippen MR) is 302 cm³/mol. The molecule has 0 bridgehead atoms. The number of carbonyl (C=O) groups is 3. The molecular formula is C64H114O6. The fourth-order valence-electron chi connectivity index (χ4n) is 8.77. The highest BCUT2D eigenvalue weighted by atomic mass is 16.6. The van der Waals surface area contributed by atoms with Gasteiger partial charge in [-0.15, -0.1) is 0 Å². The van der Waals surface area contributed by atoms with Gasteiger partial charge in [0.1, 0.15) is 13.2 Å². The standard InChI is InChI=1S/C64H114O6/c1-4-7-10-13-15-17-19-21-23-25-27-28-29-30-31-32-33-34-35-37-38-40-42-44-46-48-51-54-57-63(66)69-60-61(59-68-62(65)56-53-50-12-9-6-3)70-64(67)58-55-52-49-47-45-43-41-39-36-26-24-22-20-18-16-14-11-8-5-2/h8,11,16,18,22,24,36,39,43,45,61H,4-7,9-10,12-15,17,19-21,23,25-35,37-38,40-42,44,46-60H2,1-3H3/b11-8-,18-16-,24-22-,39-36-,45-43-. The van der Waals surface area contributed by atoms with E-state index < -0.39 is 6.10 Å². The van der Waals surface area contributed by atoms with Crippen molar-refractivity contribution in [1.29, 1.82) is 0 Å². The molecule has 0 aromatic rings. The molecule has 0 saturated heterocycles. The van der Waals surface area contributed by atoms with Gasteiger partial charge in [-0.25, -0.2) is 0 Å². The van der Waals surface area contributed by atoms with Crippen molar-refractivity contribution in [1.82, 2.24) is 0 Å². The van der Waals surface area contributed by atoms with Gasteiger partial charge < -0.3 is 14.2 Å². The van der Waals surface area contributed by atoms with Crippen LogP contribution in [0.5, 0.6) is 0 Å². The molecule has 0 aromatic heterocycles. The van der Waals surface area contributed by atoms with Crippen LogP contribution in [0, 0.1) is 0 Å². The van der Waals surface area contributed by atoms with Gasteiger partial charge in [-0.3, -0.25) is 14.4 Å². The molecule has 0 aliphatic rings. The third-order valence-corrected chi connectivity index (χ3v) is 13.3. The van der Waals surface area contributed by atoms with Crippen LogP contribution < -0.4 is 0 Å². The Hall–Kier alpha value is -2.89. The average Bonchev–Trinajstić information content (AvgIpc) is 3.36. The molecular weight excluding hydrogens is 865 g/mol. The largest absolute Gasteiger partial charge is 0.462 e. The lowest BCUT2D eigenvalue weighted by Crippen LogP contribution is -2.30. The molecule has 0 heterocycles. The number of allylic oxidation sites excluding steroid dienone is 10. The van der Waals surface area contributed by atoms with E-state index in [4.69, 9.17) is 14.2 Å². The van der Waals surface area contributed by atoms with Gasteiger partial charge in [-0.1, -0.05) is 287 Å². The third-order valence-electron chi connectivity index (χ3n) is 13.3. The van der Waals surface area contributed by atoms with Crippen molar-refractivity contribution >= 4 is 17.9 Å². The number of unbranched alkanes of at least 4 members (excludes halogenated alkanes) is 34. The van der Waals surface area contributed by atoms with E-state index in [2.05, 4.69) is 81.5 Å². The molecule has 0 radical (unpaired) electrons. The van der Waals surface area contributed by atoms with Crippen LogP contribution in [-0.4, -0.2) is 37.2 Å². The molecule has 0 saturated carbocycles. The lowest BCUT2D eigenvalue weighted by atomic mass is 10.0. The van der Waals surface area contributed by atoms with E-state index in [9.17, 15) is 14.4 Å². The van der Waals surface area contributed by atoms with Crippen LogP contribution in [-0.2, 0) is 28.6 Å². The molecule has 0 aliphatic heterocycles. The second kappa shape index (κ2) is 58.7. The van der Waals surface area contributed by atoms with Gasteiger partial charge in [0.2, 0.25) is 0 Å². The quantitative estimate of drug-likeness (QED) is 0.0261. The second-order valence-electron chi connectivity index (χ2n) is 20.2. The summed E-state index contributed by atoms with van der Waals surface area (Å²) in [6.07, 6.45) is 74.3. The number of hydrogen-bond donors (Lipinski definition) is 0. The summed E-state index contributed by atoms with van der Waals surface area (Å²) in [5.74, 6) is -0.921. The zero-order valence-electron chi connectivity index (χ0n) is 46.5. The predicted octanol–water partition coefficient (Wildman–Crippen LogP) is 20.4. The molecule has 0 N–H and O–H groups in total. The molecule has 0 aliphatic carbocycles. The van der Waals surface area contributed by atoms with Gasteiger partial charge in [0.15, 0.2) is 6.10 Å². The van der Waals surface area contributed by atoms with Crippen molar-refractivity contribution in [3.05, 3.63) is 60.8 Å². The molecule has 0 fully saturated rings. The van der Waals surface area contributed by atoms with Gasteiger partial charge >= 0.3 is 17.9 Å². The molecule has 0 rings (SSSR count). The van der Waals surface area contributed by atoms with E-state index in [0.29, 0.717) is 19.3 Å². The number of ether oxygens (including phenoxy) is 3. The van der Waals surface area contributed by atoms with Crippen molar-refractivity contribution in [2.75, 3.05) is 13.2 Å². The molecule has 6 nitrogen and oxygen atoms in total. The highest BCUT2D eigenvalue weighted by Gasteiger charge is 2.19. The Bertz CT molecular complexity index is 1260. The van der Waals surface area contributed by atoms with Crippen LogP contribution >= 0.6 is 0 Å². The topological polar surface area (TPSA) is 78.9 Å². The minimum absolute atomic E-state index is 0.0854.